The molecular formula is C19H21F3N2O3. The lowest BCUT2D eigenvalue weighted by Crippen LogP contribution is -2.23. The minimum atomic E-state index is -4.46. The van der Waals surface area contributed by atoms with Crippen LogP contribution in [0.25, 0.3) is 0 Å². The molecule has 0 saturated carbocycles. The highest BCUT2D eigenvalue weighted by Crippen LogP contribution is 2.28. The van der Waals surface area contributed by atoms with Crippen LogP contribution >= 0.6 is 0 Å². The van der Waals surface area contributed by atoms with E-state index in [9.17, 15) is 18.0 Å². The average molecular weight is 382 g/mol. The van der Waals surface area contributed by atoms with Crippen LogP contribution in [0.2, 0.25) is 0 Å². The number of nitrogens with one attached hydrogen (secondary N) is 2. The summed E-state index contributed by atoms with van der Waals surface area (Å²) in [5.41, 5.74) is 1.57. The van der Waals surface area contributed by atoms with E-state index in [0.717, 1.165) is 12.1 Å². The SMILES string of the molecule is CCNCc1ccccc1NC(=O)COc1ccccc1OCC(F)(F)F. The van der Waals surface area contributed by atoms with Gasteiger partial charge in [-0.25, -0.2) is 0 Å². The van der Waals surface area contributed by atoms with E-state index in [1.165, 1.54) is 18.2 Å². The van der Waals surface area contributed by atoms with Crippen molar-refractivity contribution in [2.75, 3.05) is 25.1 Å². The molecule has 1 amide bonds. The van der Waals surface area contributed by atoms with Crippen LogP contribution in [0.3, 0.4) is 0 Å². The maximum Gasteiger partial charge on any atom is 0.422 e. The van der Waals surface area contributed by atoms with Crippen molar-refractivity contribution < 1.29 is 27.4 Å². The molecule has 0 radical (unpaired) electrons. The number of anilines is 1. The van der Waals surface area contributed by atoms with Gasteiger partial charge in [0.1, 0.15) is 0 Å². The van der Waals surface area contributed by atoms with E-state index in [1.807, 2.05) is 19.1 Å². The van der Waals surface area contributed by atoms with Crippen molar-refractivity contribution in [2.45, 2.75) is 19.6 Å². The first kappa shape index (κ1) is 20.6. The summed E-state index contributed by atoms with van der Waals surface area (Å²) in [5.74, 6) is -0.433. The molecule has 2 N–H and O–H groups in total. The van der Waals surface area contributed by atoms with E-state index < -0.39 is 18.7 Å². The lowest BCUT2D eigenvalue weighted by molar-refractivity contribution is -0.153. The van der Waals surface area contributed by atoms with Gasteiger partial charge >= 0.3 is 6.18 Å². The molecule has 2 aromatic rings. The van der Waals surface area contributed by atoms with E-state index in [-0.39, 0.29) is 18.1 Å². The van der Waals surface area contributed by atoms with Crippen molar-refractivity contribution in [3.05, 3.63) is 54.1 Å². The topological polar surface area (TPSA) is 59.6 Å². The van der Waals surface area contributed by atoms with Crippen LogP contribution in [0.4, 0.5) is 18.9 Å². The summed E-state index contributed by atoms with van der Waals surface area (Å²) in [6.07, 6.45) is -4.46. The second-order valence-corrected chi connectivity index (χ2v) is 5.62. The zero-order chi connectivity index (χ0) is 19.7. The summed E-state index contributed by atoms with van der Waals surface area (Å²) in [5, 5.41) is 5.92. The Morgan fingerprint density at radius 1 is 1.00 bits per heavy atom. The van der Waals surface area contributed by atoms with Crippen LogP contribution in [0.5, 0.6) is 11.5 Å². The Labute approximate surface area is 155 Å². The second kappa shape index (κ2) is 9.82. The molecule has 0 aliphatic rings. The highest BCUT2D eigenvalue weighted by Gasteiger charge is 2.29. The maximum absolute atomic E-state index is 12.3. The Balaban J connectivity index is 1.95. The Kier molecular flexibility index (Phi) is 7.48. The van der Waals surface area contributed by atoms with E-state index in [4.69, 9.17) is 9.47 Å². The first-order chi connectivity index (χ1) is 12.9. The number of para-hydroxylation sites is 3. The van der Waals surface area contributed by atoms with Gasteiger partial charge in [0.05, 0.1) is 0 Å². The van der Waals surface area contributed by atoms with Crippen LogP contribution < -0.4 is 20.1 Å². The molecule has 2 aromatic carbocycles. The van der Waals surface area contributed by atoms with Crippen LogP contribution in [-0.4, -0.2) is 31.8 Å². The van der Waals surface area contributed by atoms with Gasteiger partial charge in [-0.15, -0.1) is 0 Å². The number of hydrogen-bond donors (Lipinski definition) is 2. The van der Waals surface area contributed by atoms with Crippen molar-refractivity contribution in [1.82, 2.24) is 5.32 Å². The molecule has 146 valence electrons. The molecule has 8 heteroatoms. The van der Waals surface area contributed by atoms with Crippen molar-refractivity contribution in [2.24, 2.45) is 0 Å². The summed E-state index contributed by atoms with van der Waals surface area (Å²) in [4.78, 5) is 12.2. The van der Waals surface area contributed by atoms with Crippen molar-refractivity contribution >= 4 is 11.6 Å². The molecule has 0 spiro atoms. The van der Waals surface area contributed by atoms with E-state index in [2.05, 4.69) is 10.6 Å². The summed E-state index contributed by atoms with van der Waals surface area (Å²) in [6, 6.07) is 13.2. The van der Waals surface area contributed by atoms with Gasteiger partial charge in [0.15, 0.2) is 24.7 Å². The van der Waals surface area contributed by atoms with Gasteiger partial charge in [-0.05, 0) is 30.3 Å². The summed E-state index contributed by atoms with van der Waals surface area (Å²) >= 11 is 0. The maximum atomic E-state index is 12.3. The molecule has 2 rings (SSSR count). The molecule has 27 heavy (non-hydrogen) atoms. The summed E-state index contributed by atoms with van der Waals surface area (Å²) < 4.78 is 47.0. The van der Waals surface area contributed by atoms with Gasteiger partial charge in [0.2, 0.25) is 0 Å². The number of carbonyl (C=O) groups excluding carboxylic acids is 1. The Morgan fingerprint density at radius 3 is 2.30 bits per heavy atom. The molecular weight excluding hydrogens is 361 g/mol. The highest BCUT2D eigenvalue weighted by molar-refractivity contribution is 5.92. The molecule has 0 aliphatic heterocycles. The fourth-order valence-corrected chi connectivity index (χ4v) is 2.23. The Bertz CT molecular complexity index is 751. The number of halogens is 3. The first-order valence-corrected chi connectivity index (χ1v) is 8.39. The fraction of sp³-hybridized carbons (Fsp3) is 0.316. The molecule has 5 nitrogen and oxygen atoms in total. The second-order valence-electron chi connectivity index (χ2n) is 5.62. The molecule has 0 fully saturated rings. The van der Waals surface area contributed by atoms with Crippen molar-refractivity contribution in [1.29, 1.82) is 0 Å². The van der Waals surface area contributed by atoms with Gasteiger partial charge in [0.25, 0.3) is 5.91 Å². The monoisotopic (exact) mass is 382 g/mol. The third kappa shape index (κ3) is 7.18. The van der Waals surface area contributed by atoms with Crippen LogP contribution in [0.1, 0.15) is 12.5 Å². The van der Waals surface area contributed by atoms with Crippen molar-refractivity contribution in [3.8, 4) is 11.5 Å². The third-order valence-electron chi connectivity index (χ3n) is 3.46. The highest BCUT2D eigenvalue weighted by atomic mass is 19.4. The summed E-state index contributed by atoms with van der Waals surface area (Å²) in [7, 11) is 0. The molecule has 0 aliphatic carbocycles. The van der Waals surface area contributed by atoms with E-state index in [1.54, 1.807) is 18.2 Å². The minimum Gasteiger partial charge on any atom is -0.480 e. The van der Waals surface area contributed by atoms with Crippen LogP contribution in [0, 0.1) is 0 Å². The van der Waals surface area contributed by atoms with Gasteiger partial charge in [-0.3, -0.25) is 4.79 Å². The average Bonchev–Trinajstić information content (AvgIpc) is 2.64. The molecule has 0 bridgehead atoms. The number of amides is 1. The van der Waals surface area contributed by atoms with Crippen LogP contribution in [-0.2, 0) is 11.3 Å². The number of hydrogen-bond acceptors (Lipinski definition) is 4. The van der Waals surface area contributed by atoms with Gasteiger partial charge in [-0.2, -0.15) is 13.2 Å². The van der Waals surface area contributed by atoms with Crippen molar-refractivity contribution in [3.63, 3.8) is 0 Å². The smallest absolute Gasteiger partial charge is 0.422 e. The molecule has 0 saturated heterocycles. The molecule has 0 atom stereocenters. The Hall–Kier alpha value is -2.74. The molecule has 0 unspecified atom stereocenters. The minimum absolute atomic E-state index is 0.0674. The summed E-state index contributed by atoms with van der Waals surface area (Å²) in [6.45, 7) is 1.58. The van der Waals surface area contributed by atoms with Gasteiger partial charge in [-0.1, -0.05) is 37.3 Å². The molecule has 0 aromatic heterocycles. The Morgan fingerprint density at radius 2 is 1.63 bits per heavy atom. The largest absolute Gasteiger partial charge is 0.480 e. The number of benzene rings is 2. The van der Waals surface area contributed by atoms with Gasteiger partial charge in [0, 0.05) is 12.2 Å². The van der Waals surface area contributed by atoms with E-state index >= 15 is 0 Å². The normalized spacial score (nSPS) is 11.1. The number of carbonyl (C=O) groups is 1. The number of ether oxygens (including phenoxy) is 2. The van der Waals surface area contributed by atoms with Gasteiger partial charge < -0.3 is 20.1 Å². The fourth-order valence-electron chi connectivity index (χ4n) is 2.23. The standard InChI is InChI=1S/C19H21F3N2O3/c1-2-23-11-14-7-3-4-8-15(14)24-18(25)12-26-16-9-5-6-10-17(16)27-13-19(20,21)22/h3-10,23H,2,11-13H2,1H3,(H,24,25). The first-order valence-electron chi connectivity index (χ1n) is 8.39. The molecule has 0 heterocycles. The predicted octanol–water partition coefficient (Wildman–Crippen LogP) is 3.75. The zero-order valence-corrected chi connectivity index (χ0v) is 14.8. The third-order valence-corrected chi connectivity index (χ3v) is 3.46. The number of rotatable bonds is 9. The van der Waals surface area contributed by atoms with Crippen LogP contribution in [0.15, 0.2) is 48.5 Å². The quantitative estimate of drug-likeness (QED) is 0.693. The lowest BCUT2D eigenvalue weighted by atomic mass is 10.1. The van der Waals surface area contributed by atoms with E-state index in [0.29, 0.717) is 12.2 Å². The lowest BCUT2D eigenvalue weighted by Gasteiger charge is -2.14. The predicted molar refractivity (Wildman–Crippen MR) is 95.9 cm³/mol. The number of alkyl halides is 3. The zero-order valence-electron chi connectivity index (χ0n) is 14.8.